The second kappa shape index (κ2) is 9.86. The molecule has 0 bridgehead atoms. The third kappa shape index (κ3) is 5.93. The Morgan fingerprint density at radius 3 is 1.79 bits per heavy atom. The van der Waals surface area contributed by atoms with Crippen LogP contribution in [0.25, 0.3) is 0 Å². The van der Waals surface area contributed by atoms with E-state index in [4.69, 9.17) is 0 Å². The molecule has 0 aliphatic rings. The zero-order valence-corrected chi connectivity index (χ0v) is 12.7. The summed E-state index contributed by atoms with van der Waals surface area (Å²) in [5.41, 5.74) is 2.72. The molecule has 0 atom stereocenters. The van der Waals surface area contributed by atoms with Gasteiger partial charge in [-0.1, -0.05) is 57.5 Å². The fourth-order valence-electron chi connectivity index (χ4n) is 1.07. The minimum absolute atomic E-state index is 0. The maximum atomic E-state index is 3.83. The van der Waals surface area contributed by atoms with Crippen LogP contribution in [0.5, 0.6) is 0 Å². The van der Waals surface area contributed by atoms with Gasteiger partial charge in [0.2, 0.25) is 0 Å². The van der Waals surface area contributed by atoms with Gasteiger partial charge in [-0.3, -0.25) is 0 Å². The molecule has 0 spiro atoms. The van der Waals surface area contributed by atoms with Crippen LogP contribution in [-0.2, 0) is 39.1 Å². The van der Waals surface area contributed by atoms with Crippen LogP contribution in [-0.4, -0.2) is 0 Å². The van der Waals surface area contributed by atoms with E-state index in [1.807, 2.05) is 13.8 Å². The molecule has 0 fully saturated rings. The van der Waals surface area contributed by atoms with Gasteiger partial charge >= 0.3 is 0 Å². The van der Waals surface area contributed by atoms with E-state index < -0.39 is 0 Å². The predicted molar refractivity (Wildman–Crippen MR) is 60.9 cm³/mol. The SMILES string of the molecule is CC.[CH2-]Cc1ccc(C(C)C)cc1.[Y]. The number of rotatable bonds is 2. The Balaban J connectivity index is 0. The van der Waals surface area contributed by atoms with Gasteiger partial charge in [-0.25, -0.2) is 0 Å². The summed E-state index contributed by atoms with van der Waals surface area (Å²) in [6.07, 6.45) is 0.887. The van der Waals surface area contributed by atoms with E-state index in [-0.39, 0.29) is 32.7 Å². The van der Waals surface area contributed by atoms with E-state index in [0.717, 1.165) is 6.42 Å². The van der Waals surface area contributed by atoms with Gasteiger partial charge < -0.3 is 6.92 Å². The first kappa shape index (κ1) is 16.7. The molecule has 0 amide bonds. The Kier molecular flexibility index (Phi) is 11.8. The van der Waals surface area contributed by atoms with Gasteiger partial charge in [0.05, 0.1) is 0 Å². The summed E-state index contributed by atoms with van der Waals surface area (Å²) in [5.74, 6) is 0.633. The molecule has 1 rings (SSSR count). The Bertz CT molecular complexity index is 211. The first-order valence-electron chi connectivity index (χ1n) is 5.12. The summed E-state index contributed by atoms with van der Waals surface area (Å²) in [6.45, 7) is 12.2. The van der Waals surface area contributed by atoms with Crippen molar-refractivity contribution in [3.05, 3.63) is 42.3 Å². The standard InChI is InChI=1S/C11H15.C2H6.Y/c1-4-10-5-7-11(8-6-10)9(2)3;1-2;/h5-9H,1,4H2,2-3H3;1-2H3;/q-1;;. The van der Waals surface area contributed by atoms with Crippen LogP contribution in [0.15, 0.2) is 24.3 Å². The van der Waals surface area contributed by atoms with Gasteiger partial charge in [0.15, 0.2) is 0 Å². The molecule has 14 heavy (non-hydrogen) atoms. The Hall–Kier alpha value is 0.324. The average Bonchev–Trinajstić information content (AvgIpc) is 2.21. The summed E-state index contributed by atoms with van der Waals surface area (Å²) in [5, 5.41) is 0. The smallest absolute Gasteiger partial charge is 0 e. The Labute approximate surface area is 114 Å². The molecule has 77 valence electrons. The fourth-order valence-corrected chi connectivity index (χ4v) is 1.07. The monoisotopic (exact) mass is 266 g/mol. The molecule has 0 aliphatic heterocycles. The van der Waals surface area contributed by atoms with Crippen LogP contribution in [0.3, 0.4) is 0 Å². The fraction of sp³-hybridized carbons (Fsp3) is 0.462. The van der Waals surface area contributed by atoms with E-state index in [1.165, 1.54) is 11.1 Å². The van der Waals surface area contributed by atoms with Crippen LogP contribution >= 0.6 is 0 Å². The van der Waals surface area contributed by atoms with Crippen molar-refractivity contribution in [1.29, 1.82) is 0 Å². The van der Waals surface area contributed by atoms with E-state index in [9.17, 15) is 0 Å². The van der Waals surface area contributed by atoms with Crippen molar-refractivity contribution in [2.75, 3.05) is 0 Å². The zero-order chi connectivity index (χ0) is 10.3. The second-order valence-electron chi connectivity index (χ2n) is 3.15. The van der Waals surface area contributed by atoms with Gasteiger partial charge in [0, 0.05) is 32.7 Å². The first-order valence-corrected chi connectivity index (χ1v) is 5.12. The van der Waals surface area contributed by atoms with Gasteiger partial charge in [-0.15, -0.1) is 0 Å². The van der Waals surface area contributed by atoms with Crippen molar-refractivity contribution in [3.8, 4) is 0 Å². The maximum absolute atomic E-state index is 3.83. The van der Waals surface area contributed by atoms with Crippen LogP contribution in [0.1, 0.15) is 44.7 Å². The number of hydrogen-bond acceptors (Lipinski definition) is 0. The molecule has 1 aromatic carbocycles. The van der Waals surface area contributed by atoms with Gasteiger partial charge in [-0.05, 0) is 11.5 Å². The quantitative estimate of drug-likeness (QED) is 0.703. The van der Waals surface area contributed by atoms with Crippen molar-refractivity contribution in [2.24, 2.45) is 0 Å². The van der Waals surface area contributed by atoms with E-state index in [1.54, 1.807) is 0 Å². The first-order chi connectivity index (χ1) is 6.24. The molecule has 0 saturated heterocycles. The van der Waals surface area contributed by atoms with Crippen molar-refractivity contribution in [3.63, 3.8) is 0 Å². The molecule has 1 heteroatoms. The van der Waals surface area contributed by atoms with Gasteiger partial charge in [0.1, 0.15) is 0 Å². The van der Waals surface area contributed by atoms with Crippen LogP contribution in [0, 0.1) is 6.92 Å². The van der Waals surface area contributed by atoms with Crippen molar-refractivity contribution in [1.82, 2.24) is 0 Å². The normalized spacial score (nSPS) is 8.71. The Morgan fingerprint density at radius 2 is 1.50 bits per heavy atom. The molecule has 1 radical (unpaired) electrons. The molecule has 0 N–H and O–H groups in total. The third-order valence-electron chi connectivity index (χ3n) is 1.94. The third-order valence-corrected chi connectivity index (χ3v) is 1.94. The number of benzene rings is 1. The summed E-state index contributed by atoms with van der Waals surface area (Å²) in [4.78, 5) is 0. The molecular formula is C13H21Y-. The van der Waals surface area contributed by atoms with Crippen molar-refractivity contribution < 1.29 is 32.7 Å². The molecular weight excluding hydrogens is 245 g/mol. The van der Waals surface area contributed by atoms with Crippen molar-refractivity contribution in [2.45, 2.75) is 40.0 Å². The average molecular weight is 266 g/mol. The topological polar surface area (TPSA) is 0 Å². The van der Waals surface area contributed by atoms with Gasteiger partial charge in [0.25, 0.3) is 0 Å². The predicted octanol–water partition coefficient (Wildman–Crippen LogP) is 4.21. The molecule has 0 aliphatic carbocycles. The Morgan fingerprint density at radius 1 is 1.07 bits per heavy atom. The maximum Gasteiger partial charge on any atom is 0 e. The molecule has 0 aromatic heterocycles. The molecule has 0 saturated carbocycles. The van der Waals surface area contributed by atoms with Gasteiger partial charge in [-0.2, -0.15) is 6.42 Å². The molecule has 0 unspecified atom stereocenters. The summed E-state index contributed by atoms with van der Waals surface area (Å²) in [6, 6.07) is 8.68. The summed E-state index contributed by atoms with van der Waals surface area (Å²) < 4.78 is 0. The molecule has 0 nitrogen and oxygen atoms in total. The largest absolute Gasteiger partial charge is 0.339 e. The summed E-state index contributed by atoms with van der Waals surface area (Å²) in [7, 11) is 0. The minimum atomic E-state index is 0. The van der Waals surface area contributed by atoms with Crippen molar-refractivity contribution >= 4 is 0 Å². The van der Waals surface area contributed by atoms with E-state index >= 15 is 0 Å². The summed E-state index contributed by atoms with van der Waals surface area (Å²) >= 11 is 0. The van der Waals surface area contributed by atoms with Crippen LogP contribution in [0.4, 0.5) is 0 Å². The van der Waals surface area contributed by atoms with E-state index in [0.29, 0.717) is 5.92 Å². The van der Waals surface area contributed by atoms with Crippen LogP contribution < -0.4 is 0 Å². The number of hydrogen-bond donors (Lipinski definition) is 0. The molecule has 0 heterocycles. The van der Waals surface area contributed by atoms with Crippen LogP contribution in [0.2, 0.25) is 0 Å². The molecule has 1 aromatic rings. The minimum Gasteiger partial charge on any atom is -0.339 e. The van der Waals surface area contributed by atoms with E-state index in [2.05, 4.69) is 45.0 Å². The second-order valence-corrected chi connectivity index (χ2v) is 3.15. The zero-order valence-electron chi connectivity index (χ0n) is 9.88.